The number of carbonyl (C=O) groups is 2. The van der Waals surface area contributed by atoms with Crippen molar-refractivity contribution in [1.29, 1.82) is 0 Å². The molecule has 8 heteroatoms. The van der Waals surface area contributed by atoms with Gasteiger partial charge in [-0.1, -0.05) is 6.92 Å². The molecule has 0 saturated carbocycles. The van der Waals surface area contributed by atoms with Gasteiger partial charge in [0.2, 0.25) is 5.91 Å². The summed E-state index contributed by atoms with van der Waals surface area (Å²) in [5, 5.41) is 3.48. The highest BCUT2D eigenvalue weighted by atomic mass is 32.2. The van der Waals surface area contributed by atoms with E-state index in [0.717, 1.165) is 35.5 Å². The second-order valence-corrected chi connectivity index (χ2v) is 9.22. The molecule has 0 saturated heterocycles. The van der Waals surface area contributed by atoms with E-state index in [1.54, 1.807) is 0 Å². The third kappa shape index (κ3) is 3.98. The van der Waals surface area contributed by atoms with Crippen molar-refractivity contribution in [1.82, 2.24) is 0 Å². The first kappa shape index (κ1) is 19.1. The van der Waals surface area contributed by atoms with E-state index < -0.39 is 5.91 Å². The smallest absolute Gasteiger partial charge is 0.251 e. The van der Waals surface area contributed by atoms with Gasteiger partial charge in [0.05, 0.1) is 11.3 Å². The van der Waals surface area contributed by atoms with Crippen molar-refractivity contribution >= 4 is 39.9 Å². The molecule has 1 atom stereocenters. The van der Waals surface area contributed by atoms with Crippen LogP contribution in [0.25, 0.3) is 0 Å². The normalized spacial score (nSPS) is 17.7. The number of rotatable bonds is 5. The minimum atomic E-state index is -0.471. The maximum atomic E-state index is 12.5. The number of hydrogen-bond donors (Lipinski definition) is 2. The Morgan fingerprint density at radius 3 is 2.86 bits per heavy atom. The van der Waals surface area contributed by atoms with Crippen LogP contribution in [0.1, 0.15) is 34.1 Å². The van der Waals surface area contributed by atoms with E-state index in [1.807, 2.05) is 18.2 Å². The highest BCUT2D eigenvalue weighted by molar-refractivity contribution is 8.00. The zero-order valence-electron chi connectivity index (χ0n) is 15.6. The third-order valence-electron chi connectivity index (χ3n) is 4.89. The van der Waals surface area contributed by atoms with E-state index in [4.69, 9.17) is 15.2 Å². The number of hydrogen-bond acceptors (Lipinski definition) is 6. The Bertz CT molecular complexity index is 925. The zero-order valence-corrected chi connectivity index (χ0v) is 17.2. The summed E-state index contributed by atoms with van der Waals surface area (Å²) >= 11 is 2.90. The summed E-state index contributed by atoms with van der Waals surface area (Å²) in [5.74, 6) is 1.62. The van der Waals surface area contributed by atoms with Crippen molar-refractivity contribution in [3.05, 3.63) is 34.2 Å². The Morgan fingerprint density at radius 1 is 1.29 bits per heavy atom. The molecule has 1 unspecified atom stereocenters. The lowest BCUT2D eigenvalue weighted by Crippen LogP contribution is -2.20. The number of carbonyl (C=O) groups excluding carboxylic acids is 2. The number of primary amides is 1. The maximum absolute atomic E-state index is 12.5. The molecular weight excluding hydrogens is 396 g/mol. The van der Waals surface area contributed by atoms with Crippen LogP contribution in [0.4, 0.5) is 5.00 Å². The fourth-order valence-corrected chi connectivity index (χ4v) is 5.68. The Kier molecular flexibility index (Phi) is 5.50. The van der Waals surface area contributed by atoms with Gasteiger partial charge in [-0.2, -0.15) is 0 Å². The first-order chi connectivity index (χ1) is 13.5. The first-order valence-corrected chi connectivity index (χ1v) is 11.1. The van der Waals surface area contributed by atoms with Gasteiger partial charge in [-0.3, -0.25) is 9.59 Å². The molecule has 2 aliphatic rings. The lowest BCUT2D eigenvalue weighted by molar-refractivity contribution is -0.113. The summed E-state index contributed by atoms with van der Waals surface area (Å²) in [6.45, 7) is 3.28. The average molecular weight is 419 g/mol. The van der Waals surface area contributed by atoms with Gasteiger partial charge in [-0.25, -0.2) is 0 Å². The van der Waals surface area contributed by atoms with Gasteiger partial charge in [0.1, 0.15) is 18.2 Å². The summed E-state index contributed by atoms with van der Waals surface area (Å²) in [5.41, 5.74) is 7.12. The van der Waals surface area contributed by atoms with Crippen LogP contribution in [-0.4, -0.2) is 30.8 Å². The van der Waals surface area contributed by atoms with Crippen molar-refractivity contribution in [2.45, 2.75) is 31.1 Å². The fraction of sp³-hybridized carbons (Fsp3) is 0.400. The van der Waals surface area contributed by atoms with Gasteiger partial charge in [0.25, 0.3) is 5.91 Å². The fourth-order valence-electron chi connectivity index (χ4n) is 3.52. The molecule has 0 spiro atoms. The second-order valence-electron chi connectivity index (χ2n) is 7.06. The summed E-state index contributed by atoms with van der Waals surface area (Å²) in [6, 6.07) is 5.65. The van der Waals surface area contributed by atoms with E-state index in [2.05, 4.69) is 12.2 Å². The number of amides is 2. The highest BCUT2D eigenvalue weighted by Gasteiger charge is 2.27. The topological polar surface area (TPSA) is 90.7 Å². The predicted octanol–water partition coefficient (Wildman–Crippen LogP) is 3.47. The van der Waals surface area contributed by atoms with Crippen molar-refractivity contribution in [2.24, 2.45) is 11.7 Å². The summed E-state index contributed by atoms with van der Waals surface area (Å²) < 4.78 is 11.1. The molecule has 3 N–H and O–H groups in total. The summed E-state index contributed by atoms with van der Waals surface area (Å²) in [4.78, 5) is 26.6. The number of ether oxygens (including phenoxy) is 2. The molecule has 148 valence electrons. The number of nitrogens with one attached hydrogen (secondary N) is 1. The standard InChI is InChI=1S/C20H22N2O4S2/c1-11-2-4-13-16(8-11)28-20(18(13)19(21)24)22-17(23)10-27-12-3-5-14-15(9-12)26-7-6-25-14/h3,5,9,11H,2,4,6-8,10H2,1H3,(H2,21,24)(H,22,23). The molecule has 6 nitrogen and oxygen atoms in total. The Hall–Kier alpha value is -2.19. The second kappa shape index (κ2) is 8.05. The number of benzene rings is 1. The van der Waals surface area contributed by atoms with Gasteiger partial charge < -0.3 is 20.5 Å². The van der Waals surface area contributed by atoms with Crippen LogP contribution in [0.5, 0.6) is 11.5 Å². The van der Waals surface area contributed by atoms with Gasteiger partial charge in [-0.15, -0.1) is 23.1 Å². The first-order valence-electron chi connectivity index (χ1n) is 9.28. The van der Waals surface area contributed by atoms with E-state index in [1.165, 1.54) is 28.0 Å². The Morgan fingerprint density at radius 2 is 2.07 bits per heavy atom. The molecule has 0 fully saturated rings. The van der Waals surface area contributed by atoms with Crippen LogP contribution >= 0.6 is 23.1 Å². The lowest BCUT2D eigenvalue weighted by Gasteiger charge is -2.18. The quantitative estimate of drug-likeness (QED) is 0.726. The number of thioether (sulfide) groups is 1. The molecular formula is C20H22N2O4S2. The third-order valence-corrected chi connectivity index (χ3v) is 7.06. The predicted molar refractivity (Wildman–Crippen MR) is 111 cm³/mol. The van der Waals surface area contributed by atoms with Crippen LogP contribution in [0, 0.1) is 5.92 Å². The SMILES string of the molecule is CC1CCc2c(sc(NC(=O)CSc3ccc4c(c3)OCCO4)c2C(N)=O)C1. The van der Waals surface area contributed by atoms with Gasteiger partial charge in [-0.05, 0) is 48.9 Å². The van der Waals surface area contributed by atoms with Crippen LogP contribution in [0.2, 0.25) is 0 Å². The number of thiophene rings is 1. The molecule has 1 aliphatic heterocycles. The number of anilines is 1. The monoisotopic (exact) mass is 418 g/mol. The molecule has 2 aromatic rings. The van der Waals surface area contributed by atoms with Crippen molar-refractivity contribution in [3.8, 4) is 11.5 Å². The lowest BCUT2D eigenvalue weighted by atomic mass is 9.88. The summed E-state index contributed by atoms with van der Waals surface area (Å²) in [7, 11) is 0. The summed E-state index contributed by atoms with van der Waals surface area (Å²) in [6.07, 6.45) is 2.81. The van der Waals surface area contributed by atoms with Crippen LogP contribution in [0.15, 0.2) is 23.1 Å². The van der Waals surface area contributed by atoms with Gasteiger partial charge in [0.15, 0.2) is 11.5 Å². The van der Waals surface area contributed by atoms with Crippen LogP contribution in [-0.2, 0) is 17.6 Å². The zero-order chi connectivity index (χ0) is 19.7. The van der Waals surface area contributed by atoms with Crippen LogP contribution in [0.3, 0.4) is 0 Å². The molecule has 28 heavy (non-hydrogen) atoms. The average Bonchev–Trinajstić information content (AvgIpc) is 3.03. The van der Waals surface area contributed by atoms with Gasteiger partial charge >= 0.3 is 0 Å². The molecule has 2 heterocycles. The molecule has 0 bridgehead atoms. The molecule has 1 aliphatic carbocycles. The van der Waals surface area contributed by atoms with E-state index >= 15 is 0 Å². The van der Waals surface area contributed by atoms with Crippen molar-refractivity contribution in [2.75, 3.05) is 24.3 Å². The minimum Gasteiger partial charge on any atom is -0.486 e. The van der Waals surface area contributed by atoms with E-state index in [0.29, 0.717) is 35.4 Å². The molecule has 0 radical (unpaired) electrons. The Balaban J connectivity index is 1.43. The van der Waals surface area contributed by atoms with Crippen molar-refractivity contribution < 1.29 is 19.1 Å². The molecule has 1 aromatic carbocycles. The van der Waals surface area contributed by atoms with Crippen LogP contribution < -0.4 is 20.5 Å². The highest BCUT2D eigenvalue weighted by Crippen LogP contribution is 2.39. The largest absolute Gasteiger partial charge is 0.486 e. The number of nitrogens with two attached hydrogens (primary N) is 1. The van der Waals surface area contributed by atoms with Crippen molar-refractivity contribution in [3.63, 3.8) is 0 Å². The van der Waals surface area contributed by atoms with E-state index in [-0.39, 0.29) is 11.7 Å². The molecule has 1 aromatic heterocycles. The van der Waals surface area contributed by atoms with E-state index in [9.17, 15) is 9.59 Å². The number of fused-ring (bicyclic) bond motifs is 2. The maximum Gasteiger partial charge on any atom is 0.251 e. The molecule has 2 amide bonds. The Labute approximate surface area is 171 Å². The minimum absolute atomic E-state index is 0.158. The van der Waals surface area contributed by atoms with Gasteiger partial charge in [0, 0.05) is 9.77 Å². The molecule has 4 rings (SSSR count).